The predicted octanol–water partition coefficient (Wildman–Crippen LogP) is 1.42. The lowest BCUT2D eigenvalue weighted by atomic mass is 10.3. The van der Waals surface area contributed by atoms with E-state index in [0.29, 0.717) is 12.8 Å². The van der Waals surface area contributed by atoms with E-state index in [0.717, 1.165) is 0 Å². The van der Waals surface area contributed by atoms with E-state index >= 15 is 0 Å². The van der Waals surface area contributed by atoms with Gasteiger partial charge in [-0.2, -0.15) is 0 Å². The maximum Gasteiger partial charge on any atom is 0.344 e. The highest BCUT2D eigenvalue weighted by Gasteiger charge is 2.14. The third kappa shape index (κ3) is 6.86. The molecular weight excluding hydrogens is 212 g/mol. The Morgan fingerprint density at radius 2 is 2.00 bits per heavy atom. The summed E-state index contributed by atoms with van der Waals surface area (Å²) in [4.78, 5) is 22.0. The van der Waals surface area contributed by atoms with Gasteiger partial charge >= 0.3 is 11.9 Å². The van der Waals surface area contributed by atoms with Crippen molar-refractivity contribution in [3.8, 4) is 0 Å². The van der Waals surface area contributed by atoms with Gasteiger partial charge in [-0.3, -0.25) is 4.79 Å². The van der Waals surface area contributed by atoms with Crippen LogP contribution in [0.15, 0.2) is 12.8 Å². The van der Waals surface area contributed by atoms with Gasteiger partial charge in [0.05, 0.1) is 6.26 Å². The van der Waals surface area contributed by atoms with Crippen LogP contribution in [0.2, 0.25) is 0 Å². The molecule has 0 heterocycles. The first-order valence-electron chi connectivity index (χ1n) is 5.21. The number of ether oxygens (including phenoxy) is 3. The Morgan fingerprint density at radius 1 is 1.31 bits per heavy atom. The summed E-state index contributed by atoms with van der Waals surface area (Å²) in [7, 11) is 0. The fourth-order valence-corrected chi connectivity index (χ4v) is 0.870. The number of carbonyl (C=O) groups excluding carboxylic acids is 2. The molecule has 1 unspecified atom stereocenters. The molecule has 0 saturated carbocycles. The molecule has 0 spiro atoms. The van der Waals surface area contributed by atoms with Crippen molar-refractivity contribution in [3.05, 3.63) is 12.8 Å². The first-order valence-corrected chi connectivity index (χ1v) is 5.21. The van der Waals surface area contributed by atoms with Crippen LogP contribution in [0.5, 0.6) is 0 Å². The molecule has 0 aromatic carbocycles. The molecular formula is C11H18O5. The number of hydrogen-bond donors (Lipinski definition) is 0. The van der Waals surface area contributed by atoms with E-state index in [1.165, 1.54) is 6.26 Å². The summed E-state index contributed by atoms with van der Waals surface area (Å²) in [6, 6.07) is 0. The third-order valence-corrected chi connectivity index (χ3v) is 1.79. The second-order valence-electron chi connectivity index (χ2n) is 3.03. The van der Waals surface area contributed by atoms with Crippen LogP contribution < -0.4 is 0 Å². The number of rotatable bonds is 8. The summed E-state index contributed by atoms with van der Waals surface area (Å²) in [5, 5.41) is 0. The van der Waals surface area contributed by atoms with Crippen LogP contribution in [-0.2, 0) is 23.8 Å². The van der Waals surface area contributed by atoms with Gasteiger partial charge < -0.3 is 14.2 Å². The van der Waals surface area contributed by atoms with Crippen LogP contribution >= 0.6 is 0 Å². The molecule has 0 aromatic rings. The van der Waals surface area contributed by atoms with Gasteiger partial charge in [-0.05, 0) is 6.42 Å². The summed E-state index contributed by atoms with van der Waals surface area (Å²) in [6.07, 6.45) is 1.64. The molecule has 16 heavy (non-hydrogen) atoms. The van der Waals surface area contributed by atoms with E-state index in [1.54, 1.807) is 6.92 Å². The van der Waals surface area contributed by atoms with Crippen molar-refractivity contribution in [2.75, 3.05) is 13.2 Å². The zero-order valence-electron chi connectivity index (χ0n) is 9.73. The largest absolute Gasteiger partial charge is 0.490 e. The minimum absolute atomic E-state index is 0.0863. The van der Waals surface area contributed by atoms with Crippen molar-refractivity contribution in [2.45, 2.75) is 32.8 Å². The van der Waals surface area contributed by atoms with Gasteiger partial charge in [0.15, 0.2) is 6.61 Å². The second-order valence-corrected chi connectivity index (χ2v) is 3.03. The minimum Gasteiger partial charge on any atom is -0.490 e. The number of hydrogen-bond acceptors (Lipinski definition) is 5. The molecule has 0 amide bonds. The normalized spacial score (nSPS) is 11.4. The van der Waals surface area contributed by atoms with E-state index in [2.05, 4.69) is 11.3 Å². The van der Waals surface area contributed by atoms with Gasteiger partial charge in [0.2, 0.25) is 0 Å². The monoisotopic (exact) mass is 230 g/mol. The molecule has 92 valence electrons. The molecule has 0 N–H and O–H groups in total. The van der Waals surface area contributed by atoms with Gasteiger partial charge in [-0.25, -0.2) is 4.79 Å². The highest BCUT2D eigenvalue weighted by atomic mass is 16.6. The van der Waals surface area contributed by atoms with Crippen LogP contribution in [-0.4, -0.2) is 31.3 Å². The molecule has 0 rings (SSSR count). The summed E-state index contributed by atoms with van der Waals surface area (Å²) in [5.74, 6) is -0.809. The van der Waals surface area contributed by atoms with Crippen molar-refractivity contribution < 1.29 is 23.8 Å². The van der Waals surface area contributed by atoms with Crippen LogP contribution in [0.3, 0.4) is 0 Å². The second kappa shape index (κ2) is 8.76. The van der Waals surface area contributed by atoms with E-state index in [1.807, 2.05) is 6.92 Å². The van der Waals surface area contributed by atoms with Crippen molar-refractivity contribution in [1.29, 1.82) is 0 Å². The average Bonchev–Trinajstić information content (AvgIpc) is 2.31. The van der Waals surface area contributed by atoms with Gasteiger partial charge in [0.1, 0.15) is 12.7 Å². The highest BCUT2D eigenvalue weighted by molar-refractivity contribution is 5.71. The molecule has 0 aromatic heterocycles. The molecule has 5 nitrogen and oxygen atoms in total. The van der Waals surface area contributed by atoms with Gasteiger partial charge in [-0.1, -0.05) is 20.4 Å². The van der Waals surface area contributed by atoms with Crippen LogP contribution in [0.25, 0.3) is 0 Å². The Hall–Kier alpha value is -1.52. The Kier molecular flexibility index (Phi) is 7.93. The van der Waals surface area contributed by atoms with E-state index in [-0.39, 0.29) is 19.2 Å². The Labute approximate surface area is 95.4 Å². The van der Waals surface area contributed by atoms with Gasteiger partial charge in [-0.15, -0.1) is 0 Å². The SMILES string of the molecule is C=COCC(=O)OC(CC)COC(=O)CC. The molecule has 0 saturated heterocycles. The van der Waals surface area contributed by atoms with Gasteiger partial charge in [0, 0.05) is 6.42 Å². The Bertz CT molecular complexity index is 237. The number of carbonyl (C=O) groups is 2. The molecule has 0 aliphatic rings. The minimum atomic E-state index is -0.501. The summed E-state index contributed by atoms with van der Waals surface area (Å²) in [5.41, 5.74) is 0. The zero-order chi connectivity index (χ0) is 12.4. The third-order valence-electron chi connectivity index (χ3n) is 1.79. The van der Waals surface area contributed by atoms with E-state index in [4.69, 9.17) is 9.47 Å². The Balaban J connectivity index is 3.85. The fraction of sp³-hybridized carbons (Fsp3) is 0.636. The molecule has 0 fully saturated rings. The highest BCUT2D eigenvalue weighted by Crippen LogP contribution is 2.01. The molecule has 0 aliphatic heterocycles. The standard InChI is InChI=1S/C11H18O5/c1-4-9(7-15-10(12)5-2)16-11(13)8-14-6-3/h6,9H,3-5,7-8H2,1-2H3. The Morgan fingerprint density at radius 3 is 2.50 bits per heavy atom. The molecule has 0 bridgehead atoms. The summed E-state index contributed by atoms with van der Waals surface area (Å²) in [6.45, 7) is 6.75. The van der Waals surface area contributed by atoms with Crippen molar-refractivity contribution in [1.82, 2.24) is 0 Å². The lowest BCUT2D eigenvalue weighted by Crippen LogP contribution is -2.26. The quantitative estimate of drug-likeness (QED) is 0.466. The predicted molar refractivity (Wildman–Crippen MR) is 57.6 cm³/mol. The molecule has 1 atom stereocenters. The lowest BCUT2D eigenvalue weighted by molar-refractivity contribution is -0.161. The zero-order valence-corrected chi connectivity index (χ0v) is 9.73. The van der Waals surface area contributed by atoms with Crippen LogP contribution in [0.1, 0.15) is 26.7 Å². The molecule has 0 aliphatic carbocycles. The lowest BCUT2D eigenvalue weighted by Gasteiger charge is -2.15. The smallest absolute Gasteiger partial charge is 0.344 e. The summed E-state index contributed by atoms with van der Waals surface area (Å²) < 4.78 is 14.5. The van der Waals surface area contributed by atoms with Crippen molar-refractivity contribution in [2.24, 2.45) is 0 Å². The topological polar surface area (TPSA) is 61.8 Å². The first kappa shape index (κ1) is 14.5. The summed E-state index contributed by atoms with van der Waals surface area (Å²) >= 11 is 0. The van der Waals surface area contributed by atoms with Gasteiger partial charge in [0.25, 0.3) is 0 Å². The van der Waals surface area contributed by atoms with E-state index < -0.39 is 12.1 Å². The maximum atomic E-state index is 11.1. The van der Waals surface area contributed by atoms with Crippen molar-refractivity contribution in [3.63, 3.8) is 0 Å². The fourth-order valence-electron chi connectivity index (χ4n) is 0.870. The van der Waals surface area contributed by atoms with Crippen LogP contribution in [0, 0.1) is 0 Å². The maximum absolute atomic E-state index is 11.1. The van der Waals surface area contributed by atoms with Crippen LogP contribution in [0.4, 0.5) is 0 Å². The van der Waals surface area contributed by atoms with Crippen molar-refractivity contribution >= 4 is 11.9 Å². The van der Waals surface area contributed by atoms with E-state index in [9.17, 15) is 9.59 Å². The molecule has 0 radical (unpaired) electrons. The first-order chi connectivity index (χ1) is 7.63. The molecule has 5 heteroatoms. The number of esters is 2. The average molecular weight is 230 g/mol.